The quantitative estimate of drug-likeness (QED) is 0.763. The molecule has 5 nitrogen and oxygen atoms in total. The monoisotopic (exact) mass is 365 g/mol. The van der Waals surface area contributed by atoms with Crippen molar-refractivity contribution in [3.63, 3.8) is 0 Å². The Balaban J connectivity index is 1.85. The highest BCUT2D eigenvalue weighted by Gasteiger charge is 2.30. The lowest BCUT2D eigenvalue weighted by molar-refractivity contribution is -0.113. The second-order valence-corrected chi connectivity index (χ2v) is 7.20. The normalized spacial score (nSPS) is 16.5. The summed E-state index contributed by atoms with van der Waals surface area (Å²) in [5.74, 6) is 1.93. The minimum atomic E-state index is -0.00987. The molecular weight excluding hydrogens is 346 g/mol. The summed E-state index contributed by atoms with van der Waals surface area (Å²) < 4.78 is 7.04. The predicted octanol–water partition coefficient (Wildman–Crippen LogP) is 3.96. The van der Waals surface area contributed by atoms with Crippen molar-refractivity contribution < 1.29 is 9.53 Å². The molecule has 0 fully saturated rings. The number of ether oxygens (including phenoxy) is 1. The Kier molecular flexibility index (Phi) is 4.42. The molecule has 1 N–H and O–H groups in total. The van der Waals surface area contributed by atoms with Gasteiger partial charge in [0.2, 0.25) is 5.91 Å². The van der Waals surface area contributed by atoms with Gasteiger partial charge in [-0.2, -0.15) is 5.10 Å². The first-order valence-electron chi connectivity index (χ1n) is 8.37. The summed E-state index contributed by atoms with van der Waals surface area (Å²) in [5.41, 5.74) is 4.03. The van der Waals surface area contributed by atoms with Crippen LogP contribution in [0, 0.1) is 6.92 Å². The van der Waals surface area contributed by atoms with Crippen molar-refractivity contribution in [1.82, 2.24) is 9.78 Å². The number of rotatable bonds is 3. The Hall–Kier alpha value is -2.73. The van der Waals surface area contributed by atoms with Gasteiger partial charge >= 0.3 is 0 Å². The van der Waals surface area contributed by atoms with Crippen LogP contribution in [0.4, 0.5) is 5.82 Å². The molecule has 1 aliphatic heterocycles. The van der Waals surface area contributed by atoms with Crippen molar-refractivity contribution in [2.75, 3.05) is 18.2 Å². The van der Waals surface area contributed by atoms with Crippen LogP contribution in [0.5, 0.6) is 5.75 Å². The largest absolute Gasteiger partial charge is 0.497 e. The molecule has 132 valence electrons. The number of benzene rings is 2. The highest BCUT2D eigenvalue weighted by atomic mass is 32.2. The Bertz CT molecular complexity index is 936. The Morgan fingerprint density at radius 2 is 1.88 bits per heavy atom. The number of anilines is 1. The van der Waals surface area contributed by atoms with E-state index in [9.17, 15) is 4.79 Å². The van der Waals surface area contributed by atoms with E-state index in [2.05, 4.69) is 17.4 Å². The molecule has 1 aromatic heterocycles. The van der Waals surface area contributed by atoms with E-state index in [-0.39, 0.29) is 11.2 Å². The van der Waals surface area contributed by atoms with Gasteiger partial charge in [-0.25, -0.2) is 4.68 Å². The van der Waals surface area contributed by atoms with Crippen LogP contribution in [0.25, 0.3) is 5.69 Å². The molecule has 2 aromatic carbocycles. The zero-order chi connectivity index (χ0) is 18.1. The number of carbonyl (C=O) groups is 1. The number of nitrogens with one attached hydrogen (secondary N) is 1. The van der Waals surface area contributed by atoms with Gasteiger partial charge in [0.05, 0.1) is 29.5 Å². The number of aryl methyl sites for hydroxylation is 1. The molecule has 0 spiro atoms. The first kappa shape index (κ1) is 16.7. The number of aromatic nitrogens is 2. The average Bonchev–Trinajstić information content (AvgIpc) is 2.88. The van der Waals surface area contributed by atoms with Gasteiger partial charge in [-0.05, 0) is 36.8 Å². The van der Waals surface area contributed by atoms with E-state index in [0.717, 1.165) is 28.5 Å². The van der Waals surface area contributed by atoms with Crippen LogP contribution >= 0.6 is 11.8 Å². The molecule has 0 bridgehead atoms. The van der Waals surface area contributed by atoms with E-state index < -0.39 is 0 Å². The fraction of sp³-hybridized carbons (Fsp3) is 0.200. The Morgan fingerprint density at radius 1 is 1.15 bits per heavy atom. The van der Waals surface area contributed by atoms with E-state index in [1.165, 1.54) is 5.56 Å². The van der Waals surface area contributed by atoms with Crippen molar-refractivity contribution in [1.29, 1.82) is 0 Å². The van der Waals surface area contributed by atoms with Crippen LogP contribution in [0.1, 0.15) is 22.1 Å². The summed E-state index contributed by atoms with van der Waals surface area (Å²) in [4.78, 5) is 12.3. The molecule has 1 amide bonds. The van der Waals surface area contributed by atoms with Crippen molar-refractivity contribution in [3.8, 4) is 11.4 Å². The number of hydrogen-bond acceptors (Lipinski definition) is 4. The summed E-state index contributed by atoms with van der Waals surface area (Å²) in [6.07, 6.45) is 0. The number of nitrogens with zero attached hydrogens (tertiary/aromatic N) is 2. The van der Waals surface area contributed by atoms with Gasteiger partial charge in [0, 0.05) is 5.56 Å². The molecule has 2 heterocycles. The molecule has 0 saturated carbocycles. The van der Waals surface area contributed by atoms with Gasteiger partial charge in [-0.1, -0.05) is 30.3 Å². The van der Waals surface area contributed by atoms with Gasteiger partial charge in [-0.15, -0.1) is 11.8 Å². The zero-order valence-corrected chi connectivity index (χ0v) is 15.4. The summed E-state index contributed by atoms with van der Waals surface area (Å²) in [6, 6.07) is 17.9. The topological polar surface area (TPSA) is 56.1 Å². The van der Waals surface area contributed by atoms with Crippen molar-refractivity contribution in [3.05, 3.63) is 71.4 Å². The van der Waals surface area contributed by atoms with Crippen LogP contribution in [0.15, 0.2) is 54.6 Å². The maximum absolute atomic E-state index is 12.3. The van der Waals surface area contributed by atoms with Gasteiger partial charge in [0.25, 0.3) is 0 Å². The summed E-state index contributed by atoms with van der Waals surface area (Å²) in [5, 5.41) is 7.83. The second kappa shape index (κ2) is 6.88. The van der Waals surface area contributed by atoms with Gasteiger partial charge < -0.3 is 10.1 Å². The number of fused-ring (bicyclic) bond motifs is 1. The number of methoxy groups -OCH3 is 1. The molecule has 3 aromatic rings. The van der Waals surface area contributed by atoms with E-state index >= 15 is 0 Å². The molecule has 0 saturated heterocycles. The van der Waals surface area contributed by atoms with Crippen molar-refractivity contribution >= 4 is 23.5 Å². The molecule has 0 radical (unpaired) electrons. The van der Waals surface area contributed by atoms with Crippen LogP contribution in [-0.2, 0) is 4.79 Å². The third-order valence-corrected chi connectivity index (χ3v) is 5.70. The summed E-state index contributed by atoms with van der Waals surface area (Å²) >= 11 is 1.63. The third kappa shape index (κ3) is 2.97. The SMILES string of the molecule is COc1ccc(-n2nc(C)c3c2NC(=O)CSC3c2ccccc2)cc1. The Morgan fingerprint density at radius 3 is 2.58 bits per heavy atom. The number of thioether (sulfide) groups is 1. The number of amides is 1. The van der Waals surface area contributed by atoms with Gasteiger partial charge in [0.1, 0.15) is 11.6 Å². The molecule has 0 aliphatic carbocycles. The number of hydrogen-bond donors (Lipinski definition) is 1. The minimum absolute atomic E-state index is 0.00987. The van der Waals surface area contributed by atoms with Crippen LogP contribution in [0.2, 0.25) is 0 Å². The first-order chi connectivity index (χ1) is 12.7. The van der Waals surface area contributed by atoms with Crippen molar-refractivity contribution in [2.24, 2.45) is 0 Å². The predicted molar refractivity (Wildman–Crippen MR) is 104 cm³/mol. The van der Waals surface area contributed by atoms with Crippen LogP contribution in [-0.4, -0.2) is 28.6 Å². The van der Waals surface area contributed by atoms with E-state index in [1.54, 1.807) is 18.9 Å². The zero-order valence-electron chi connectivity index (χ0n) is 14.6. The maximum Gasteiger partial charge on any atom is 0.235 e. The minimum Gasteiger partial charge on any atom is -0.497 e. The lowest BCUT2D eigenvalue weighted by atomic mass is 10.0. The summed E-state index contributed by atoms with van der Waals surface area (Å²) in [7, 11) is 1.64. The summed E-state index contributed by atoms with van der Waals surface area (Å²) in [6.45, 7) is 1.99. The fourth-order valence-electron chi connectivity index (χ4n) is 3.18. The van der Waals surface area contributed by atoms with E-state index in [1.807, 2.05) is 54.1 Å². The van der Waals surface area contributed by atoms with Gasteiger partial charge in [0.15, 0.2) is 0 Å². The molecular formula is C20H19N3O2S. The highest BCUT2D eigenvalue weighted by molar-refractivity contribution is 8.00. The third-order valence-electron chi connectivity index (χ3n) is 4.43. The average molecular weight is 365 g/mol. The standard InChI is InChI=1S/C20H19N3O2S/c1-13-18-19(14-6-4-3-5-7-14)26-12-17(24)21-20(18)23(22-13)15-8-10-16(25-2)11-9-15/h3-11,19H,12H2,1-2H3,(H,21,24). The molecule has 1 aliphatic rings. The lowest BCUT2D eigenvalue weighted by Crippen LogP contribution is -2.15. The van der Waals surface area contributed by atoms with Crippen molar-refractivity contribution in [2.45, 2.75) is 12.2 Å². The van der Waals surface area contributed by atoms with Gasteiger partial charge in [-0.3, -0.25) is 4.79 Å². The van der Waals surface area contributed by atoms with E-state index in [4.69, 9.17) is 9.84 Å². The molecule has 4 rings (SSSR count). The number of carbonyl (C=O) groups excluding carboxylic acids is 1. The molecule has 1 atom stereocenters. The maximum atomic E-state index is 12.3. The fourth-order valence-corrected chi connectivity index (χ4v) is 4.37. The highest BCUT2D eigenvalue weighted by Crippen LogP contribution is 2.43. The smallest absolute Gasteiger partial charge is 0.235 e. The lowest BCUT2D eigenvalue weighted by Gasteiger charge is -2.15. The van der Waals surface area contributed by atoms with Crippen LogP contribution in [0.3, 0.4) is 0 Å². The Labute approximate surface area is 156 Å². The molecule has 1 unspecified atom stereocenters. The van der Waals surface area contributed by atoms with Crippen LogP contribution < -0.4 is 10.1 Å². The molecule has 26 heavy (non-hydrogen) atoms. The van der Waals surface area contributed by atoms with E-state index in [0.29, 0.717) is 5.75 Å². The molecule has 6 heteroatoms. The second-order valence-electron chi connectivity index (χ2n) is 6.11. The first-order valence-corrected chi connectivity index (χ1v) is 9.42.